The maximum atomic E-state index is 13.3. The lowest BCUT2D eigenvalue weighted by molar-refractivity contribution is -0.125. The average molecular weight is 339 g/mol. The second-order valence-electron chi connectivity index (χ2n) is 5.71. The molecule has 0 aromatic heterocycles. The van der Waals surface area contributed by atoms with Crippen molar-refractivity contribution >= 4 is 23.7 Å². The molecule has 0 aliphatic carbocycles. The first-order valence-electron chi connectivity index (χ1n) is 7.59. The van der Waals surface area contributed by atoms with Crippen LogP contribution in [-0.2, 0) is 17.1 Å². The molecule has 1 aromatic carbocycles. The summed E-state index contributed by atoms with van der Waals surface area (Å²) >= 11 is 1.59. The monoisotopic (exact) mass is 339 g/mol. The highest BCUT2D eigenvalue weighted by Gasteiger charge is 2.29. The molecule has 2 atom stereocenters. The van der Waals surface area contributed by atoms with Gasteiger partial charge in [0.15, 0.2) is 0 Å². The van der Waals surface area contributed by atoms with Crippen LogP contribution in [0.1, 0.15) is 24.5 Å². The predicted molar refractivity (Wildman–Crippen MR) is 89.6 cm³/mol. The largest absolute Gasteiger partial charge is 0.354 e. The van der Waals surface area contributed by atoms with Crippen molar-refractivity contribution in [3.63, 3.8) is 0 Å². The zero-order chi connectivity index (χ0) is 16.8. The van der Waals surface area contributed by atoms with Gasteiger partial charge in [-0.25, -0.2) is 9.18 Å². The van der Waals surface area contributed by atoms with Crippen molar-refractivity contribution in [2.45, 2.75) is 31.7 Å². The molecule has 126 valence electrons. The molecule has 0 spiro atoms. The highest BCUT2D eigenvalue weighted by Crippen LogP contribution is 2.17. The SMILES string of the molecule is CSCc1cc(F)ccc1CNC(=O)N[C@@H]1C(=O)NCC[C@@H]1C. The minimum atomic E-state index is -0.511. The van der Waals surface area contributed by atoms with Crippen molar-refractivity contribution in [1.82, 2.24) is 16.0 Å². The fourth-order valence-corrected chi connectivity index (χ4v) is 3.17. The lowest BCUT2D eigenvalue weighted by Crippen LogP contribution is -2.56. The van der Waals surface area contributed by atoms with Crippen LogP contribution in [-0.4, -0.2) is 30.8 Å². The summed E-state index contributed by atoms with van der Waals surface area (Å²) in [6.45, 7) is 2.89. The van der Waals surface area contributed by atoms with Gasteiger partial charge in [0.2, 0.25) is 5.91 Å². The van der Waals surface area contributed by atoms with Crippen LogP contribution in [0.5, 0.6) is 0 Å². The number of urea groups is 1. The number of piperidine rings is 1. The Labute approximate surface area is 139 Å². The molecule has 0 unspecified atom stereocenters. The van der Waals surface area contributed by atoms with Gasteiger partial charge in [-0.1, -0.05) is 13.0 Å². The fourth-order valence-electron chi connectivity index (χ4n) is 2.59. The Balaban J connectivity index is 1.92. The second kappa shape index (κ2) is 8.19. The summed E-state index contributed by atoms with van der Waals surface area (Å²) in [6, 6.07) is 3.65. The highest BCUT2D eigenvalue weighted by molar-refractivity contribution is 7.97. The molecule has 3 N–H and O–H groups in total. The van der Waals surface area contributed by atoms with Gasteiger partial charge in [-0.05, 0) is 41.9 Å². The molecule has 1 fully saturated rings. The Bertz CT molecular complexity index is 582. The van der Waals surface area contributed by atoms with Crippen LogP contribution in [0.3, 0.4) is 0 Å². The van der Waals surface area contributed by atoms with Crippen molar-refractivity contribution in [3.05, 3.63) is 35.1 Å². The summed E-state index contributed by atoms with van der Waals surface area (Å²) in [6.07, 6.45) is 2.78. The number of carbonyl (C=O) groups excluding carboxylic acids is 2. The first-order chi connectivity index (χ1) is 11.0. The predicted octanol–water partition coefficient (Wildman–Crippen LogP) is 2.01. The maximum Gasteiger partial charge on any atom is 0.315 e. The zero-order valence-corrected chi connectivity index (χ0v) is 14.1. The summed E-state index contributed by atoms with van der Waals surface area (Å²) in [5.41, 5.74) is 1.73. The van der Waals surface area contributed by atoms with Crippen LogP contribution in [0.4, 0.5) is 9.18 Å². The summed E-state index contributed by atoms with van der Waals surface area (Å²) in [5, 5.41) is 8.20. The molecule has 1 aliphatic rings. The molecule has 0 saturated carbocycles. The minimum absolute atomic E-state index is 0.104. The molecule has 3 amide bonds. The zero-order valence-electron chi connectivity index (χ0n) is 13.3. The van der Waals surface area contributed by atoms with E-state index in [4.69, 9.17) is 0 Å². The Morgan fingerprint density at radius 2 is 2.22 bits per heavy atom. The van der Waals surface area contributed by atoms with Gasteiger partial charge < -0.3 is 16.0 Å². The quantitative estimate of drug-likeness (QED) is 0.769. The third-order valence-electron chi connectivity index (χ3n) is 3.94. The molecule has 1 heterocycles. The Morgan fingerprint density at radius 3 is 2.91 bits per heavy atom. The Hall–Kier alpha value is -1.76. The van der Waals surface area contributed by atoms with E-state index in [1.54, 1.807) is 17.8 Å². The Kier molecular flexibility index (Phi) is 6.27. The number of nitrogens with one attached hydrogen (secondary N) is 3. The number of hydrogen-bond donors (Lipinski definition) is 3. The lowest BCUT2D eigenvalue weighted by atomic mass is 9.94. The van der Waals surface area contributed by atoms with Crippen molar-refractivity contribution in [2.24, 2.45) is 5.92 Å². The third kappa shape index (κ3) is 4.86. The third-order valence-corrected chi connectivity index (χ3v) is 4.54. The van der Waals surface area contributed by atoms with Crippen molar-refractivity contribution in [1.29, 1.82) is 0 Å². The van der Waals surface area contributed by atoms with E-state index >= 15 is 0 Å². The van der Waals surface area contributed by atoms with Gasteiger partial charge in [-0.3, -0.25) is 4.79 Å². The number of halogens is 1. The van der Waals surface area contributed by atoms with Crippen LogP contribution in [0.15, 0.2) is 18.2 Å². The van der Waals surface area contributed by atoms with E-state index < -0.39 is 12.1 Å². The van der Waals surface area contributed by atoms with Gasteiger partial charge in [-0.2, -0.15) is 11.8 Å². The van der Waals surface area contributed by atoms with Crippen LogP contribution < -0.4 is 16.0 Å². The van der Waals surface area contributed by atoms with Gasteiger partial charge in [0, 0.05) is 18.8 Å². The number of rotatable bonds is 5. The first-order valence-corrected chi connectivity index (χ1v) is 8.99. The van der Waals surface area contributed by atoms with Gasteiger partial charge in [-0.15, -0.1) is 0 Å². The average Bonchev–Trinajstić information content (AvgIpc) is 2.51. The Morgan fingerprint density at radius 1 is 1.43 bits per heavy atom. The standard InChI is InChI=1S/C16H22FN3O2S/c1-10-5-6-18-15(21)14(10)20-16(22)19-8-11-3-4-13(17)7-12(11)9-23-2/h3-4,7,10,14H,5-6,8-9H2,1-2H3,(H,18,21)(H2,19,20,22)/t10-,14-/m0/s1. The topological polar surface area (TPSA) is 70.2 Å². The summed E-state index contributed by atoms with van der Waals surface area (Å²) in [4.78, 5) is 23.8. The van der Waals surface area contributed by atoms with E-state index in [9.17, 15) is 14.0 Å². The van der Waals surface area contributed by atoms with Crippen LogP contribution in [0, 0.1) is 11.7 Å². The van der Waals surface area contributed by atoms with E-state index in [-0.39, 0.29) is 17.6 Å². The molecule has 1 saturated heterocycles. The summed E-state index contributed by atoms with van der Waals surface area (Å²) in [7, 11) is 0. The number of benzene rings is 1. The van der Waals surface area contributed by atoms with Gasteiger partial charge in [0.1, 0.15) is 11.9 Å². The van der Waals surface area contributed by atoms with Crippen LogP contribution in [0.25, 0.3) is 0 Å². The van der Waals surface area contributed by atoms with E-state index in [2.05, 4.69) is 16.0 Å². The maximum absolute atomic E-state index is 13.3. The summed E-state index contributed by atoms with van der Waals surface area (Å²) < 4.78 is 13.3. The number of amides is 3. The van der Waals surface area contributed by atoms with Crippen LogP contribution >= 0.6 is 11.8 Å². The minimum Gasteiger partial charge on any atom is -0.354 e. The van der Waals surface area contributed by atoms with Gasteiger partial charge >= 0.3 is 6.03 Å². The molecule has 1 aromatic rings. The number of thioether (sulfide) groups is 1. The van der Waals surface area contributed by atoms with Crippen molar-refractivity contribution < 1.29 is 14.0 Å². The smallest absolute Gasteiger partial charge is 0.315 e. The summed E-state index contributed by atoms with van der Waals surface area (Å²) in [5.74, 6) is 0.351. The van der Waals surface area contributed by atoms with E-state index in [1.165, 1.54) is 12.1 Å². The molecule has 2 rings (SSSR count). The fraction of sp³-hybridized carbons (Fsp3) is 0.500. The molecule has 0 radical (unpaired) electrons. The number of hydrogen-bond acceptors (Lipinski definition) is 3. The molecule has 5 nitrogen and oxygen atoms in total. The second-order valence-corrected chi connectivity index (χ2v) is 6.57. The molecule has 7 heteroatoms. The first kappa shape index (κ1) is 17.6. The normalized spacial score (nSPS) is 20.7. The van der Waals surface area contributed by atoms with Gasteiger partial charge in [0.05, 0.1) is 0 Å². The number of carbonyl (C=O) groups is 2. The van der Waals surface area contributed by atoms with Crippen LogP contribution in [0.2, 0.25) is 0 Å². The molecular weight excluding hydrogens is 317 g/mol. The molecular formula is C16H22FN3O2S. The molecule has 23 heavy (non-hydrogen) atoms. The van der Waals surface area contributed by atoms with E-state index in [0.29, 0.717) is 18.8 Å². The van der Waals surface area contributed by atoms with E-state index in [1.807, 2.05) is 13.2 Å². The van der Waals surface area contributed by atoms with Crippen molar-refractivity contribution in [2.75, 3.05) is 12.8 Å². The molecule has 1 aliphatic heterocycles. The van der Waals surface area contributed by atoms with Crippen molar-refractivity contribution in [3.8, 4) is 0 Å². The lowest BCUT2D eigenvalue weighted by Gasteiger charge is -2.29. The van der Waals surface area contributed by atoms with E-state index in [0.717, 1.165) is 17.5 Å². The molecule has 0 bridgehead atoms. The highest BCUT2D eigenvalue weighted by atomic mass is 32.2. The van der Waals surface area contributed by atoms with Gasteiger partial charge in [0.25, 0.3) is 0 Å².